The van der Waals surface area contributed by atoms with E-state index in [9.17, 15) is 5.11 Å². The first-order valence-corrected chi connectivity index (χ1v) is 7.02. The molecule has 0 heterocycles. The summed E-state index contributed by atoms with van der Waals surface area (Å²) in [6.07, 6.45) is -0.217. The summed E-state index contributed by atoms with van der Waals surface area (Å²) in [4.78, 5) is 0. The smallest absolute Gasteiger partial charge is 0.0817 e. The molecular weight excluding hydrogens is 236 g/mol. The molecular formula is C17H28O2. The Balaban J connectivity index is 3.50. The molecule has 0 aromatic heterocycles. The normalized spacial score (nSPS) is 14.5. The highest BCUT2D eigenvalue weighted by atomic mass is 16.3. The fourth-order valence-corrected chi connectivity index (χ4v) is 2.50. The molecule has 0 amide bonds. The number of hydrogen-bond donors (Lipinski definition) is 2. The van der Waals surface area contributed by atoms with Crippen molar-refractivity contribution in [3.63, 3.8) is 0 Å². The van der Waals surface area contributed by atoms with E-state index in [0.29, 0.717) is 6.42 Å². The van der Waals surface area contributed by atoms with Gasteiger partial charge in [0.05, 0.1) is 6.10 Å². The first-order valence-electron chi connectivity index (χ1n) is 7.02. The Morgan fingerprint density at radius 3 is 1.68 bits per heavy atom. The zero-order chi connectivity index (χ0) is 14.8. The second-order valence-corrected chi connectivity index (χ2v) is 7.29. The molecule has 1 aromatic carbocycles. The van der Waals surface area contributed by atoms with Crippen molar-refractivity contribution >= 4 is 0 Å². The van der Waals surface area contributed by atoms with E-state index in [0.717, 1.165) is 5.56 Å². The van der Waals surface area contributed by atoms with E-state index in [4.69, 9.17) is 5.11 Å². The maximum Gasteiger partial charge on any atom is 0.0817 e. The monoisotopic (exact) mass is 264 g/mol. The first kappa shape index (κ1) is 16.2. The van der Waals surface area contributed by atoms with Crippen LogP contribution in [0.2, 0.25) is 0 Å². The highest BCUT2D eigenvalue weighted by Gasteiger charge is 2.28. The lowest BCUT2D eigenvalue weighted by atomic mass is 9.74. The van der Waals surface area contributed by atoms with Crippen LogP contribution in [0.15, 0.2) is 18.2 Å². The van der Waals surface area contributed by atoms with Gasteiger partial charge in [0.15, 0.2) is 0 Å². The van der Waals surface area contributed by atoms with Crippen LogP contribution >= 0.6 is 0 Å². The molecule has 2 heteroatoms. The summed E-state index contributed by atoms with van der Waals surface area (Å²) in [5, 5.41) is 19.6. The van der Waals surface area contributed by atoms with Crippen molar-refractivity contribution in [1.29, 1.82) is 0 Å². The Morgan fingerprint density at radius 1 is 0.947 bits per heavy atom. The van der Waals surface area contributed by atoms with Crippen LogP contribution in [-0.2, 0) is 10.8 Å². The molecule has 0 spiro atoms. The molecule has 1 atom stereocenters. The number of aliphatic hydroxyl groups is 2. The maximum absolute atomic E-state index is 10.4. The van der Waals surface area contributed by atoms with Gasteiger partial charge >= 0.3 is 0 Å². The second-order valence-electron chi connectivity index (χ2n) is 7.29. The molecule has 0 saturated heterocycles. The quantitative estimate of drug-likeness (QED) is 0.874. The Hall–Kier alpha value is -0.860. The van der Waals surface area contributed by atoms with Gasteiger partial charge in [-0.2, -0.15) is 0 Å². The molecule has 0 radical (unpaired) electrons. The molecule has 0 fully saturated rings. The van der Waals surface area contributed by atoms with Crippen molar-refractivity contribution in [2.75, 3.05) is 6.61 Å². The highest BCUT2D eigenvalue weighted by Crippen LogP contribution is 2.38. The van der Waals surface area contributed by atoms with E-state index in [1.165, 1.54) is 11.1 Å². The molecule has 2 N–H and O–H groups in total. The molecule has 0 aliphatic rings. The van der Waals surface area contributed by atoms with Crippen LogP contribution in [0.25, 0.3) is 0 Å². The third kappa shape index (κ3) is 3.80. The average Bonchev–Trinajstić information content (AvgIpc) is 2.26. The van der Waals surface area contributed by atoms with Gasteiger partial charge in [0.2, 0.25) is 0 Å². The Labute approximate surface area is 117 Å². The standard InChI is InChI=1S/C17H28O2/c1-16(2,3)12-8-7-9-13(17(4,5)6)15(12)14(19)10-11-18/h7-9,14,18-19H,10-11H2,1-6H3. The molecule has 1 unspecified atom stereocenters. The summed E-state index contributed by atoms with van der Waals surface area (Å²) in [6.45, 7) is 12.9. The van der Waals surface area contributed by atoms with Crippen LogP contribution in [0.5, 0.6) is 0 Å². The lowest BCUT2D eigenvalue weighted by Gasteiger charge is -2.32. The lowest BCUT2D eigenvalue weighted by Crippen LogP contribution is -2.23. The van der Waals surface area contributed by atoms with Crippen LogP contribution < -0.4 is 0 Å². The van der Waals surface area contributed by atoms with Crippen LogP contribution in [0.3, 0.4) is 0 Å². The maximum atomic E-state index is 10.4. The summed E-state index contributed by atoms with van der Waals surface area (Å²) in [5.41, 5.74) is 3.29. The van der Waals surface area contributed by atoms with Crippen molar-refractivity contribution in [2.24, 2.45) is 0 Å². The summed E-state index contributed by atoms with van der Waals surface area (Å²) < 4.78 is 0. The topological polar surface area (TPSA) is 40.5 Å². The van der Waals surface area contributed by atoms with E-state index in [1.54, 1.807) is 0 Å². The molecule has 0 aliphatic carbocycles. The number of rotatable bonds is 3. The minimum Gasteiger partial charge on any atom is -0.396 e. The highest BCUT2D eigenvalue weighted by molar-refractivity contribution is 5.44. The van der Waals surface area contributed by atoms with E-state index < -0.39 is 6.10 Å². The predicted molar refractivity (Wildman–Crippen MR) is 80.5 cm³/mol. The van der Waals surface area contributed by atoms with Crippen LogP contribution in [0, 0.1) is 0 Å². The average molecular weight is 264 g/mol. The van der Waals surface area contributed by atoms with Gasteiger partial charge in [-0.05, 0) is 27.5 Å². The molecule has 2 nitrogen and oxygen atoms in total. The van der Waals surface area contributed by atoms with Crippen molar-refractivity contribution in [2.45, 2.75) is 64.9 Å². The van der Waals surface area contributed by atoms with Crippen LogP contribution in [-0.4, -0.2) is 16.8 Å². The minimum absolute atomic E-state index is 0.00320. The van der Waals surface area contributed by atoms with Crippen LogP contribution in [0.4, 0.5) is 0 Å². The number of benzene rings is 1. The van der Waals surface area contributed by atoms with Gasteiger partial charge < -0.3 is 10.2 Å². The van der Waals surface area contributed by atoms with Crippen molar-refractivity contribution < 1.29 is 10.2 Å². The molecule has 1 aromatic rings. The first-order chi connectivity index (χ1) is 8.59. The Morgan fingerprint density at radius 2 is 1.37 bits per heavy atom. The van der Waals surface area contributed by atoms with Gasteiger partial charge in [-0.3, -0.25) is 0 Å². The molecule has 0 saturated carbocycles. The van der Waals surface area contributed by atoms with Crippen molar-refractivity contribution in [3.05, 3.63) is 34.9 Å². The Kier molecular flexibility index (Phi) is 4.81. The van der Waals surface area contributed by atoms with E-state index in [1.807, 2.05) is 0 Å². The van der Waals surface area contributed by atoms with Crippen molar-refractivity contribution in [1.82, 2.24) is 0 Å². The third-order valence-corrected chi connectivity index (χ3v) is 3.46. The fourth-order valence-electron chi connectivity index (χ4n) is 2.50. The summed E-state index contributed by atoms with van der Waals surface area (Å²) >= 11 is 0. The lowest BCUT2D eigenvalue weighted by molar-refractivity contribution is 0.131. The number of hydrogen-bond acceptors (Lipinski definition) is 2. The van der Waals surface area contributed by atoms with Gasteiger partial charge in [-0.25, -0.2) is 0 Å². The molecule has 19 heavy (non-hydrogen) atoms. The van der Waals surface area contributed by atoms with Crippen molar-refractivity contribution in [3.8, 4) is 0 Å². The zero-order valence-corrected chi connectivity index (χ0v) is 13.1. The Bertz CT molecular complexity index is 390. The zero-order valence-electron chi connectivity index (χ0n) is 13.1. The predicted octanol–water partition coefficient (Wildman–Crippen LogP) is 3.70. The second kappa shape index (κ2) is 5.64. The van der Waals surface area contributed by atoms with Gasteiger partial charge in [0, 0.05) is 13.0 Å². The van der Waals surface area contributed by atoms with Crippen LogP contribution in [0.1, 0.15) is 70.8 Å². The SMILES string of the molecule is CC(C)(C)c1cccc(C(C)(C)C)c1C(O)CCO. The minimum atomic E-state index is -0.602. The van der Waals surface area contributed by atoms with E-state index in [2.05, 4.69) is 59.7 Å². The van der Waals surface area contributed by atoms with Gasteiger partial charge in [-0.15, -0.1) is 0 Å². The molecule has 108 valence electrons. The van der Waals surface area contributed by atoms with Gasteiger partial charge in [0.25, 0.3) is 0 Å². The molecule has 1 rings (SSSR count). The van der Waals surface area contributed by atoms with E-state index >= 15 is 0 Å². The summed E-state index contributed by atoms with van der Waals surface area (Å²) in [6, 6.07) is 6.24. The largest absolute Gasteiger partial charge is 0.396 e. The molecule has 0 aliphatic heterocycles. The van der Waals surface area contributed by atoms with Gasteiger partial charge in [0.1, 0.15) is 0 Å². The molecule has 0 bridgehead atoms. The number of aliphatic hydroxyl groups excluding tert-OH is 2. The van der Waals surface area contributed by atoms with E-state index in [-0.39, 0.29) is 17.4 Å². The van der Waals surface area contributed by atoms with Gasteiger partial charge in [-0.1, -0.05) is 59.7 Å². The summed E-state index contributed by atoms with van der Waals surface area (Å²) in [5.74, 6) is 0. The fraction of sp³-hybridized carbons (Fsp3) is 0.647. The third-order valence-electron chi connectivity index (χ3n) is 3.46. The summed E-state index contributed by atoms with van der Waals surface area (Å²) in [7, 11) is 0.